The molecule has 1 aromatic heterocycles. The third-order valence-corrected chi connectivity index (χ3v) is 2.93. The highest BCUT2D eigenvalue weighted by Crippen LogP contribution is 2.20. The van der Waals surface area contributed by atoms with E-state index in [1.165, 1.54) is 18.3 Å². The Morgan fingerprint density at radius 2 is 2.11 bits per heavy atom. The molecule has 0 unspecified atom stereocenters. The van der Waals surface area contributed by atoms with Crippen LogP contribution in [0, 0.1) is 6.92 Å². The lowest BCUT2D eigenvalue weighted by atomic mass is 10.2. The maximum atomic E-state index is 12.0. The average Bonchev–Trinajstić information content (AvgIpc) is 2.74. The molecule has 2 rings (SSSR count). The Morgan fingerprint density at radius 1 is 1.37 bits per heavy atom. The van der Waals surface area contributed by atoms with Crippen LogP contribution in [0.5, 0.6) is 0 Å². The highest BCUT2D eigenvalue weighted by Gasteiger charge is 2.13. The molecule has 0 fully saturated rings. The molecule has 0 bridgehead atoms. The van der Waals surface area contributed by atoms with Crippen LogP contribution < -0.4 is 5.32 Å². The molecule has 7 heteroatoms. The predicted octanol–water partition coefficient (Wildman–Crippen LogP) is 2.43. The zero-order valence-electron chi connectivity index (χ0n) is 9.90. The number of carbonyl (C=O) groups is 2. The van der Waals surface area contributed by atoms with Gasteiger partial charge in [-0.2, -0.15) is 5.10 Å². The van der Waals surface area contributed by atoms with Crippen LogP contribution in [0.2, 0.25) is 0 Å². The lowest BCUT2D eigenvalue weighted by Gasteiger charge is -2.06. The summed E-state index contributed by atoms with van der Waals surface area (Å²) < 4.78 is 0.576. The third kappa shape index (κ3) is 3.00. The molecule has 0 saturated heterocycles. The number of rotatable bonds is 3. The SMILES string of the molecule is Cc1[nH]ncc1C(=O)Nc1cc(Br)cc(C(=O)O)c1. The van der Waals surface area contributed by atoms with E-state index in [0.717, 1.165) is 0 Å². The van der Waals surface area contributed by atoms with Crippen molar-refractivity contribution >= 4 is 33.5 Å². The first kappa shape index (κ1) is 13.3. The monoisotopic (exact) mass is 323 g/mol. The fourth-order valence-corrected chi connectivity index (χ4v) is 2.06. The van der Waals surface area contributed by atoms with E-state index >= 15 is 0 Å². The molecule has 0 radical (unpaired) electrons. The number of aromatic nitrogens is 2. The first-order valence-electron chi connectivity index (χ1n) is 5.32. The van der Waals surface area contributed by atoms with Crippen molar-refractivity contribution in [1.82, 2.24) is 10.2 Å². The van der Waals surface area contributed by atoms with Crippen LogP contribution in [0.25, 0.3) is 0 Å². The molecule has 0 spiro atoms. The second-order valence-corrected chi connectivity index (χ2v) is 4.81. The zero-order valence-corrected chi connectivity index (χ0v) is 11.5. The van der Waals surface area contributed by atoms with Crippen molar-refractivity contribution in [2.75, 3.05) is 5.32 Å². The van der Waals surface area contributed by atoms with E-state index in [0.29, 0.717) is 21.4 Å². The van der Waals surface area contributed by atoms with Crippen molar-refractivity contribution in [2.24, 2.45) is 0 Å². The minimum atomic E-state index is -1.06. The van der Waals surface area contributed by atoms with Gasteiger partial charge in [-0.25, -0.2) is 4.79 Å². The Balaban J connectivity index is 2.26. The van der Waals surface area contributed by atoms with Crippen LogP contribution in [0.3, 0.4) is 0 Å². The van der Waals surface area contributed by atoms with Gasteiger partial charge < -0.3 is 10.4 Å². The van der Waals surface area contributed by atoms with Gasteiger partial charge in [0.15, 0.2) is 0 Å². The quantitative estimate of drug-likeness (QED) is 0.808. The van der Waals surface area contributed by atoms with Gasteiger partial charge in [0, 0.05) is 15.9 Å². The van der Waals surface area contributed by atoms with E-state index in [9.17, 15) is 9.59 Å². The number of nitrogens with zero attached hydrogens (tertiary/aromatic N) is 1. The second kappa shape index (κ2) is 5.23. The number of carboxylic acids is 1. The summed E-state index contributed by atoms with van der Waals surface area (Å²) in [4.78, 5) is 22.9. The number of aryl methyl sites for hydroxylation is 1. The summed E-state index contributed by atoms with van der Waals surface area (Å²) >= 11 is 3.20. The molecule has 1 aromatic carbocycles. The predicted molar refractivity (Wildman–Crippen MR) is 72.4 cm³/mol. The number of carbonyl (C=O) groups excluding carboxylic acids is 1. The number of hydrogen-bond acceptors (Lipinski definition) is 3. The molecule has 0 aliphatic rings. The Morgan fingerprint density at radius 3 is 2.68 bits per heavy atom. The highest BCUT2D eigenvalue weighted by molar-refractivity contribution is 9.10. The molecular weight excluding hydrogens is 314 g/mol. The van der Waals surface area contributed by atoms with Gasteiger partial charge in [0.1, 0.15) is 0 Å². The number of aromatic amines is 1. The summed E-state index contributed by atoms with van der Waals surface area (Å²) in [7, 11) is 0. The number of benzene rings is 1. The largest absolute Gasteiger partial charge is 0.478 e. The molecule has 0 atom stereocenters. The van der Waals surface area contributed by atoms with Gasteiger partial charge in [0.25, 0.3) is 5.91 Å². The first-order valence-corrected chi connectivity index (χ1v) is 6.12. The topological polar surface area (TPSA) is 95.1 Å². The molecular formula is C12H10BrN3O3. The van der Waals surface area contributed by atoms with E-state index < -0.39 is 5.97 Å². The van der Waals surface area contributed by atoms with Crippen LogP contribution >= 0.6 is 15.9 Å². The van der Waals surface area contributed by atoms with Crippen LogP contribution in [-0.2, 0) is 0 Å². The van der Waals surface area contributed by atoms with E-state index in [1.807, 2.05) is 0 Å². The number of nitrogens with one attached hydrogen (secondary N) is 2. The Kier molecular flexibility index (Phi) is 3.66. The van der Waals surface area contributed by atoms with Gasteiger partial charge in [-0.1, -0.05) is 15.9 Å². The van der Waals surface area contributed by atoms with Crippen LogP contribution in [0.4, 0.5) is 5.69 Å². The molecule has 2 aromatic rings. The lowest BCUT2D eigenvalue weighted by Crippen LogP contribution is -2.13. The van der Waals surface area contributed by atoms with Gasteiger partial charge in [-0.05, 0) is 25.1 Å². The molecule has 6 nitrogen and oxygen atoms in total. The fraction of sp³-hybridized carbons (Fsp3) is 0.0833. The minimum Gasteiger partial charge on any atom is -0.478 e. The number of anilines is 1. The van der Waals surface area contributed by atoms with Crippen molar-refractivity contribution in [3.63, 3.8) is 0 Å². The molecule has 1 amide bonds. The van der Waals surface area contributed by atoms with E-state index in [1.54, 1.807) is 13.0 Å². The summed E-state index contributed by atoms with van der Waals surface area (Å²) in [5.74, 6) is -1.41. The lowest BCUT2D eigenvalue weighted by molar-refractivity contribution is 0.0696. The summed E-state index contributed by atoms with van der Waals surface area (Å²) in [5, 5.41) is 18.0. The van der Waals surface area contributed by atoms with E-state index in [2.05, 4.69) is 31.4 Å². The molecule has 0 saturated carbocycles. The highest BCUT2D eigenvalue weighted by atomic mass is 79.9. The van der Waals surface area contributed by atoms with E-state index in [4.69, 9.17) is 5.11 Å². The van der Waals surface area contributed by atoms with Crippen LogP contribution in [0.15, 0.2) is 28.9 Å². The maximum Gasteiger partial charge on any atom is 0.335 e. The number of hydrogen-bond donors (Lipinski definition) is 3. The molecule has 1 heterocycles. The molecule has 0 aliphatic heterocycles. The minimum absolute atomic E-state index is 0.0913. The smallest absolute Gasteiger partial charge is 0.335 e. The molecule has 19 heavy (non-hydrogen) atoms. The number of carboxylic acid groups (broad SMARTS) is 1. The molecule has 0 aliphatic carbocycles. The van der Waals surface area contributed by atoms with Crippen molar-refractivity contribution in [3.8, 4) is 0 Å². The van der Waals surface area contributed by atoms with Gasteiger partial charge in [-0.3, -0.25) is 9.89 Å². The summed E-state index contributed by atoms with van der Waals surface area (Å²) in [6, 6.07) is 4.47. The number of halogens is 1. The van der Waals surface area contributed by atoms with Crippen LogP contribution in [0.1, 0.15) is 26.4 Å². The second-order valence-electron chi connectivity index (χ2n) is 3.90. The Hall–Kier alpha value is -2.15. The van der Waals surface area contributed by atoms with Gasteiger partial charge in [0.2, 0.25) is 0 Å². The zero-order chi connectivity index (χ0) is 14.0. The Labute approximate surface area is 117 Å². The van der Waals surface area contributed by atoms with Gasteiger partial charge >= 0.3 is 5.97 Å². The normalized spacial score (nSPS) is 10.2. The number of aromatic carboxylic acids is 1. The summed E-state index contributed by atoms with van der Waals surface area (Å²) in [6.45, 7) is 1.73. The fourth-order valence-electron chi connectivity index (χ4n) is 1.56. The summed E-state index contributed by atoms with van der Waals surface area (Å²) in [5.41, 5.74) is 1.55. The van der Waals surface area contributed by atoms with E-state index in [-0.39, 0.29) is 11.5 Å². The average molecular weight is 324 g/mol. The van der Waals surface area contributed by atoms with Crippen molar-refractivity contribution < 1.29 is 14.7 Å². The molecule has 3 N–H and O–H groups in total. The Bertz CT molecular complexity index is 651. The van der Waals surface area contributed by atoms with Gasteiger partial charge in [-0.15, -0.1) is 0 Å². The van der Waals surface area contributed by atoms with Crippen molar-refractivity contribution in [3.05, 3.63) is 45.7 Å². The standard InChI is InChI=1S/C12H10BrN3O3/c1-6-10(5-14-16-6)11(17)15-9-3-7(12(18)19)2-8(13)4-9/h2-5H,1H3,(H,14,16)(H,15,17)(H,18,19). The van der Waals surface area contributed by atoms with Crippen molar-refractivity contribution in [1.29, 1.82) is 0 Å². The van der Waals surface area contributed by atoms with Crippen LogP contribution in [-0.4, -0.2) is 27.2 Å². The van der Waals surface area contributed by atoms with Gasteiger partial charge in [0.05, 0.1) is 17.3 Å². The maximum absolute atomic E-state index is 12.0. The third-order valence-electron chi connectivity index (χ3n) is 2.48. The molecule has 98 valence electrons. The summed E-state index contributed by atoms with van der Waals surface area (Å²) in [6.07, 6.45) is 1.42. The number of amides is 1. The first-order chi connectivity index (χ1) is 8.97. The van der Waals surface area contributed by atoms with Crippen molar-refractivity contribution in [2.45, 2.75) is 6.92 Å². The number of H-pyrrole nitrogens is 1.